The number of carbonyl (C=O) groups excluding carboxylic acids is 1. The number of fused-ring (bicyclic) bond motifs is 1. The topological polar surface area (TPSA) is 170 Å². The van der Waals surface area contributed by atoms with E-state index in [1.54, 1.807) is 24.3 Å². The number of nitrogens with one attached hydrogen (secondary N) is 2. The Kier molecular flexibility index (Phi) is 8.20. The number of para-hydroxylation sites is 1. The number of nitrogens with zero attached hydrogens (tertiary/aromatic N) is 4. The van der Waals surface area contributed by atoms with E-state index in [2.05, 4.69) is 25.5 Å². The normalized spacial score (nSPS) is 12.4. The molecule has 0 saturated carbocycles. The van der Waals surface area contributed by atoms with Gasteiger partial charge in [0, 0.05) is 18.4 Å². The zero-order valence-electron chi connectivity index (χ0n) is 20.8. The summed E-state index contributed by atoms with van der Waals surface area (Å²) in [6.45, 7) is -0.189. The fraction of sp³-hybridized carbons (Fsp3) is 0.250. The van der Waals surface area contributed by atoms with Crippen molar-refractivity contribution in [1.29, 1.82) is 0 Å². The molecule has 11 nitrogen and oxygen atoms in total. The highest BCUT2D eigenvalue weighted by atomic mass is 32.2. The van der Waals surface area contributed by atoms with Crippen LogP contribution in [-0.2, 0) is 24.0 Å². The molecule has 1 atom stereocenters. The summed E-state index contributed by atoms with van der Waals surface area (Å²) < 4.78 is 67.9. The highest BCUT2D eigenvalue weighted by molar-refractivity contribution is 7.85. The molecule has 4 aromatic rings. The first kappa shape index (κ1) is 28.7. The number of primary amides is 1. The molecular weight excluding hydrogens is 558 g/mol. The van der Waals surface area contributed by atoms with Crippen LogP contribution >= 0.6 is 0 Å². The van der Waals surface area contributed by atoms with Gasteiger partial charge in [0.1, 0.15) is 22.5 Å². The summed E-state index contributed by atoms with van der Waals surface area (Å²) in [5, 5.41) is 28.5. The molecule has 0 spiro atoms. The van der Waals surface area contributed by atoms with E-state index >= 15 is 0 Å². The molecule has 1 amide bonds. The maximum atomic E-state index is 14.3. The first-order valence-corrected chi connectivity index (χ1v) is 13.1. The molecule has 1 unspecified atom stereocenters. The average molecular weight is 582 g/mol. The van der Waals surface area contributed by atoms with Crippen LogP contribution in [0.2, 0.25) is 0 Å². The van der Waals surface area contributed by atoms with Gasteiger partial charge in [0.05, 0.1) is 30.6 Å². The third-order valence-electron chi connectivity index (χ3n) is 5.78. The lowest BCUT2D eigenvalue weighted by Crippen LogP contribution is -2.29. The third-order valence-corrected chi connectivity index (χ3v) is 6.78. The molecule has 16 heteroatoms. The number of aromatic nitrogens is 4. The van der Waals surface area contributed by atoms with Crippen molar-refractivity contribution in [3.05, 3.63) is 59.0 Å². The van der Waals surface area contributed by atoms with Gasteiger partial charge >= 0.3 is 6.18 Å². The lowest BCUT2D eigenvalue weighted by Gasteiger charge is -2.23. The Hall–Kier alpha value is -4.31. The third kappa shape index (κ3) is 6.12. The second-order valence-corrected chi connectivity index (χ2v) is 9.83. The molecular formula is C24H23F4N7O4S. The minimum absolute atomic E-state index is 0.00356. The van der Waals surface area contributed by atoms with Crippen LogP contribution in [0.3, 0.4) is 0 Å². The molecule has 0 aliphatic heterocycles. The van der Waals surface area contributed by atoms with Crippen molar-refractivity contribution in [3.63, 3.8) is 0 Å². The van der Waals surface area contributed by atoms with Crippen LogP contribution in [0.25, 0.3) is 22.4 Å². The molecule has 0 aliphatic rings. The number of aromatic amines is 1. The summed E-state index contributed by atoms with van der Waals surface area (Å²) in [4.78, 5) is 20.5. The Bertz CT molecular complexity index is 1600. The Balaban J connectivity index is 1.84. The van der Waals surface area contributed by atoms with E-state index in [9.17, 15) is 36.8 Å². The first-order valence-electron chi connectivity index (χ1n) is 11.6. The number of aromatic hydroxyl groups is 1. The van der Waals surface area contributed by atoms with E-state index < -0.39 is 46.6 Å². The molecule has 2 aromatic carbocycles. The fourth-order valence-electron chi connectivity index (χ4n) is 4.09. The van der Waals surface area contributed by atoms with Crippen molar-refractivity contribution in [2.45, 2.75) is 19.1 Å². The predicted molar refractivity (Wildman–Crippen MR) is 139 cm³/mol. The summed E-state index contributed by atoms with van der Waals surface area (Å²) in [5.41, 5.74) is 5.41. The number of aliphatic hydroxyl groups is 1. The lowest BCUT2D eigenvalue weighted by atomic mass is 10.0. The van der Waals surface area contributed by atoms with Crippen LogP contribution in [0.1, 0.15) is 21.6 Å². The van der Waals surface area contributed by atoms with Gasteiger partial charge in [-0.25, -0.2) is 18.6 Å². The molecule has 212 valence electrons. The van der Waals surface area contributed by atoms with Gasteiger partial charge in [-0.2, -0.15) is 18.3 Å². The standard InChI is InChI=1S/C24H23F4N7O4S/c1-40(39)35(6-7-36)16-5-3-2-4-12(16)11-30-22-18-19(20(29)38)33-34-23(18)32-21(31-22)14-9-15(25)17(37)8-13(14)10-24(26,27)28/h2-5,8-9,36-37H,6-7,10-11H2,1H3,(H2,29,38)(H2,30,31,32,33,34). The maximum Gasteiger partial charge on any atom is 0.393 e. The molecule has 0 saturated heterocycles. The number of halogens is 4. The minimum atomic E-state index is -4.70. The van der Waals surface area contributed by atoms with Gasteiger partial charge in [0.15, 0.2) is 23.0 Å². The zero-order valence-corrected chi connectivity index (χ0v) is 21.6. The number of alkyl halides is 3. The largest absolute Gasteiger partial charge is 0.505 e. The minimum Gasteiger partial charge on any atom is -0.505 e. The van der Waals surface area contributed by atoms with Gasteiger partial charge in [0.2, 0.25) is 0 Å². The van der Waals surface area contributed by atoms with E-state index in [0.717, 1.165) is 0 Å². The van der Waals surface area contributed by atoms with Gasteiger partial charge in [-0.1, -0.05) is 18.2 Å². The summed E-state index contributed by atoms with van der Waals surface area (Å²) in [6, 6.07) is 8.15. The maximum absolute atomic E-state index is 14.3. The van der Waals surface area contributed by atoms with Crippen LogP contribution in [0.5, 0.6) is 5.75 Å². The summed E-state index contributed by atoms with van der Waals surface area (Å²) >= 11 is 0. The average Bonchev–Trinajstić information content (AvgIpc) is 3.32. The Labute approximate surface area is 226 Å². The van der Waals surface area contributed by atoms with Crippen LogP contribution in [0.15, 0.2) is 36.4 Å². The van der Waals surface area contributed by atoms with E-state index in [0.29, 0.717) is 23.4 Å². The van der Waals surface area contributed by atoms with Gasteiger partial charge in [-0.3, -0.25) is 14.2 Å². The van der Waals surface area contributed by atoms with Crippen molar-refractivity contribution in [2.75, 3.05) is 29.0 Å². The molecule has 2 heterocycles. The van der Waals surface area contributed by atoms with Crippen molar-refractivity contribution in [1.82, 2.24) is 20.2 Å². The number of phenolic OH excluding ortho intramolecular Hbond substituents is 1. The molecule has 0 fully saturated rings. The first-order chi connectivity index (χ1) is 18.9. The predicted octanol–water partition coefficient (Wildman–Crippen LogP) is 2.77. The Morgan fingerprint density at radius 3 is 2.58 bits per heavy atom. The summed E-state index contributed by atoms with van der Waals surface area (Å²) in [7, 11) is -1.49. The number of rotatable bonds is 10. The quantitative estimate of drug-likeness (QED) is 0.178. The lowest BCUT2D eigenvalue weighted by molar-refractivity contribution is -0.127. The van der Waals surface area contributed by atoms with Crippen LogP contribution in [0.4, 0.5) is 29.1 Å². The van der Waals surface area contributed by atoms with Crippen LogP contribution in [-0.4, -0.2) is 66.1 Å². The smallest absolute Gasteiger partial charge is 0.393 e. The number of H-pyrrole nitrogens is 1. The van der Waals surface area contributed by atoms with E-state index in [4.69, 9.17) is 5.73 Å². The number of phenols is 1. The SMILES string of the molecule is CS(=O)N(CCO)c1ccccc1CNc1nc(-c2cc(F)c(O)cc2CC(F)(F)F)nc2n[nH]c(C(N)=O)c12. The van der Waals surface area contributed by atoms with Crippen molar-refractivity contribution in [2.24, 2.45) is 5.73 Å². The molecule has 0 radical (unpaired) electrons. The van der Waals surface area contributed by atoms with E-state index in [1.807, 2.05) is 0 Å². The number of benzene rings is 2. The van der Waals surface area contributed by atoms with Crippen molar-refractivity contribution in [3.8, 4) is 17.1 Å². The van der Waals surface area contributed by atoms with E-state index in [-0.39, 0.29) is 53.6 Å². The summed E-state index contributed by atoms with van der Waals surface area (Å²) in [5.74, 6) is -3.50. The molecule has 40 heavy (non-hydrogen) atoms. The number of amides is 1. The molecule has 6 N–H and O–H groups in total. The highest BCUT2D eigenvalue weighted by Gasteiger charge is 2.31. The van der Waals surface area contributed by atoms with Gasteiger partial charge in [-0.05, 0) is 29.3 Å². The van der Waals surface area contributed by atoms with Gasteiger partial charge in [-0.15, -0.1) is 0 Å². The Morgan fingerprint density at radius 1 is 1.20 bits per heavy atom. The number of hydrogen-bond donors (Lipinski definition) is 5. The molecule has 2 aromatic heterocycles. The van der Waals surface area contributed by atoms with E-state index in [1.165, 1.54) is 10.6 Å². The fourth-order valence-corrected chi connectivity index (χ4v) is 4.88. The van der Waals surface area contributed by atoms with Gasteiger partial charge < -0.3 is 21.3 Å². The number of anilines is 2. The number of nitrogens with two attached hydrogens (primary N) is 1. The van der Waals surface area contributed by atoms with Crippen molar-refractivity contribution < 1.29 is 36.8 Å². The second kappa shape index (κ2) is 11.4. The Morgan fingerprint density at radius 2 is 1.93 bits per heavy atom. The number of aliphatic hydroxyl groups excluding tert-OH is 1. The molecule has 0 bridgehead atoms. The molecule has 4 rings (SSSR count). The number of carbonyl (C=O) groups is 1. The molecule has 0 aliphatic carbocycles. The monoisotopic (exact) mass is 581 g/mol. The highest BCUT2D eigenvalue weighted by Crippen LogP contribution is 2.35. The second-order valence-electron chi connectivity index (χ2n) is 8.54. The zero-order chi connectivity index (χ0) is 29.2. The van der Waals surface area contributed by atoms with Crippen LogP contribution in [0, 0.1) is 5.82 Å². The van der Waals surface area contributed by atoms with Crippen molar-refractivity contribution >= 4 is 39.4 Å². The van der Waals surface area contributed by atoms with Crippen LogP contribution < -0.4 is 15.4 Å². The van der Waals surface area contributed by atoms with Gasteiger partial charge in [0.25, 0.3) is 5.91 Å². The number of hydrogen-bond acceptors (Lipinski definition) is 8. The summed E-state index contributed by atoms with van der Waals surface area (Å²) in [6.07, 6.45) is -4.76.